The standard InChI is InChI=1S/C32H30Cl2IN3O5/c1-42-29(40)17-38-11-9-22(10-12-38)43-27-8-6-21(35)15-23(27)30-32(24-7-5-20(34)14-26(24)36-31(32)41)25(16-28(39)37-30)18-3-2-4-19(33)13-18/h2-8,13-15,22,25,30H,9-12,16-17H2,1H3,(H,36,41)(H,37,39). The van der Waals surface area contributed by atoms with Crippen molar-refractivity contribution in [1.82, 2.24) is 10.2 Å². The first-order chi connectivity index (χ1) is 20.7. The largest absolute Gasteiger partial charge is 0.490 e. The Kier molecular flexibility index (Phi) is 8.61. The quantitative estimate of drug-likeness (QED) is 0.244. The van der Waals surface area contributed by atoms with Crippen LogP contribution in [0.4, 0.5) is 5.69 Å². The van der Waals surface area contributed by atoms with Crippen molar-refractivity contribution in [3.63, 3.8) is 0 Å². The minimum absolute atomic E-state index is 0.102. The van der Waals surface area contributed by atoms with E-state index < -0.39 is 17.4 Å². The molecule has 1 spiro atoms. The van der Waals surface area contributed by atoms with Gasteiger partial charge in [-0.3, -0.25) is 19.3 Å². The van der Waals surface area contributed by atoms with Gasteiger partial charge in [-0.1, -0.05) is 41.4 Å². The molecule has 3 aliphatic heterocycles. The summed E-state index contributed by atoms with van der Waals surface area (Å²) in [6.45, 7) is 1.63. The molecule has 6 rings (SSSR count). The van der Waals surface area contributed by atoms with Crippen LogP contribution >= 0.6 is 45.8 Å². The summed E-state index contributed by atoms with van der Waals surface area (Å²) < 4.78 is 12.4. The number of nitrogens with one attached hydrogen (secondary N) is 2. The summed E-state index contributed by atoms with van der Waals surface area (Å²) >= 11 is 15.0. The number of halogens is 3. The number of likely N-dealkylation sites (tertiary alicyclic amines) is 1. The number of amides is 2. The normalized spacial score (nSPS) is 23.9. The Morgan fingerprint density at radius 1 is 1.05 bits per heavy atom. The van der Waals surface area contributed by atoms with Crippen LogP contribution in [-0.2, 0) is 24.5 Å². The number of carbonyl (C=O) groups excluding carboxylic acids is 3. The lowest BCUT2D eigenvalue weighted by atomic mass is 9.59. The Bertz CT molecular complexity index is 1590. The Morgan fingerprint density at radius 2 is 1.81 bits per heavy atom. The van der Waals surface area contributed by atoms with Crippen LogP contribution in [0.25, 0.3) is 0 Å². The second kappa shape index (κ2) is 12.3. The van der Waals surface area contributed by atoms with Gasteiger partial charge in [-0.2, -0.15) is 0 Å². The molecule has 11 heteroatoms. The monoisotopic (exact) mass is 733 g/mol. The van der Waals surface area contributed by atoms with E-state index in [9.17, 15) is 14.4 Å². The smallest absolute Gasteiger partial charge is 0.319 e. The summed E-state index contributed by atoms with van der Waals surface area (Å²) in [5.74, 6) is -0.557. The van der Waals surface area contributed by atoms with Crippen molar-refractivity contribution in [2.75, 3.05) is 32.1 Å². The molecule has 3 aromatic rings. The number of fused-ring (bicyclic) bond motifs is 2. The highest BCUT2D eigenvalue weighted by Gasteiger charge is 2.61. The van der Waals surface area contributed by atoms with Gasteiger partial charge < -0.3 is 20.1 Å². The number of benzene rings is 3. The highest BCUT2D eigenvalue weighted by Crippen LogP contribution is 2.58. The fourth-order valence-electron chi connectivity index (χ4n) is 6.73. The summed E-state index contributed by atoms with van der Waals surface area (Å²) in [7, 11) is 1.39. The maximum Gasteiger partial charge on any atom is 0.319 e. The third kappa shape index (κ3) is 5.72. The number of piperidine rings is 2. The SMILES string of the molecule is COC(=O)CN1CCC(Oc2ccc(I)cc2C2NC(=O)CC(c3cccc(Cl)c3)C23C(=O)Nc2cc(Cl)ccc23)CC1. The van der Waals surface area contributed by atoms with Gasteiger partial charge in [0.2, 0.25) is 11.8 Å². The van der Waals surface area contributed by atoms with Crippen molar-refractivity contribution in [2.45, 2.75) is 42.7 Å². The molecule has 2 amide bonds. The lowest BCUT2D eigenvalue weighted by Crippen LogP contribution is -2.57. The lowest BCUT2D eigenvalue weighted by molar-refractivity contribution is -0.142. The molecule has 3 aliphatic rings. The summed E-state index contributed by atoms with van der Waals surface area (Å²) in [6.07, 6.45) is 1.44. The summed E-state index contributed by atoms with van der Waals surface area (Å²) in [5, 5.41) is 7.30. The predicted molar refractivity (Wildman–Crippen MR) is 173 cm³/mol. The second-order valence-corrected chi connectivity index (χ2v) is 13.3. The fourth-order valence-corrected chi connectivity index (χ4v) is 7.62. The molecule has 0 radical (unpaired) electrons. The first kappa shape index (κ1) is 30.2. The van der Waals surface area contributed by atoms with Gasteiger partial charge in [0.05, 0.1) is 19.7 Å². The van der Waals surface area contributed by atoms with E-state index in [1.807, 2.05) is 42.5 Å². The zero-order valence-electron chi connectivity index (χ0n) is 23.4. The maximum atomic E-state index is 14.4. The minimum atomic E-state index is -1.20. The molecule has 3 aromatic carbocycles. The zero-order valence-corrected chi connectivity index (χ0v) is 27.0. The number of nitrogens with zero attached hydrogens (tertiary/aromatic N) is 1. The van der Waals surface area contributed by atoms with Crippen molar-refractivity contribution in [3.05, 3.63) is 91.0 Å². The molecule has 3 unspecified atom stereocenters. The molecule has 2 N–H and O–H groups in total. The number of carbonyl (C=O) groups is 3. The molecule has 3 heterocycles. The van der Waals surface area contributed by atoms with Crippen LogP contribution in [0, 0.1) is 3.57 Å². The average molecular weight is 734 g/mol. The molecule has 3 atom stereocenters. The van der Waals surface area contributed by atoms with Gasteiger partial charge >= 0.3 is 5.97 Å². The van der Waals surface area contributed by atoms with Crippen LogP contribution in [0.2, 0.25) is 10.0 Å². The molecule has 2 fully saturated rings. The first-order valence-corrected chi connectivity index (χ1v) is 15.9. The summed E-state index contributed by atoms with van der Waals surface area (Å²) in [6, 6.07) is 17.9. The van der Waals surface area contributed by atoms with Crippen molar-refractivity contribution in [1.29, 1.82) is 0 Å². The van der Waals surface area contributed by atoms with E-state index in [0.717, 1.165) is 33.1 Å². The summed E-state index contributed by atoms with van der Waals surface area (Å²) in [4.78, 5) is 41.7. The van der Waals surface area contributed by atoms with E-state index in [1.165, 1.54) is 7.11 Å². The number of hydrogen-bond acceptors (Lipinski definition) is 6. The van der Waals surface area contributed by atoms with E-state index in [2.05, 4.69) is 38.1 Å². The molecule has 0 saturated carbocycles. The molecule has 0 aromatic heterocycles. The molecular formula is C32H30Cl2IN3O5. The fraction of sp³-hybridized carbons (Fsp3) is 0.344. The molecule has 8 nitrogen and oxygen atoms in total. The third-order valence-corrected chi connectivity index (χ3v) is 9.83. The number of methoxy groups -OCH3 is 1. The van der Waals surface area contributed by atoms with Crippen LogP contribution in [0.5, 0.6) is 5.75 Å². The van der Waals surface area contributed by atoms with Crippen molar-refractivity contribution in [3.8, 4) is 5.75 Å². The van der Waals surface area contributed by atoms with E-state index in [-0.39, 0.29) is 36.9 Å². The Labute approximate surface area is 273 Å². The lowest BCUT2D eigenvalue weighted by Gasteiger charge is -2.47. The van der Waals surface area contributed by atoms with Gasteiger partial charge in [0.15, 0.2) is 0 Å². The minimum Gasteiger partial charge on any atom is -0.490 e. The molecule has 0 aliphatic carbocycles. The van der Waals surface area contributed by atoms with Crippen molar-refractivity contribution >= 4 is 69.3 Å². The Hall–Kier alpha value is -2.86. The summed E-state index contributed by atoms with van der Waals surface area (Å²) in [5.41, 5.74) is 1.71. The predicted octanol–water partition coefficient (Wildman–Crippen LogP) is 5.85. The topological polar surface area (TPSA) is 97.0 Å². The second-order valence-electron chi connectivity index (χ2n) is 11.2. The van der Waals surface area contributed by atoms with Gasteiger partial charge in [0.25, 0.3) is 0 Å². The molecule has 2 saturated heterocycles. The number of anilines is 1. The van der Waals surface area contributed by atoms with Crippen molar-refractivity contribution in [2.24, 2.45) is 0 Å². The number of ether oxygens (including phenoxy) is 2. The number of esters is 1. The van der Waals surface area contributed by atoms with E-state index in [4.69, 9.17) is 32.7 Å². The molecule has 0 bridgehead atoms. The molecule has 43 heavy (non-hydrogen) atoms. The zero-order chi connectivity index (χ0) is 30.3. The van der Waals surface area contributed by atoms with Crippen LogP contribution in [-0.4, -0.2) is 55.5 Å². The highest BCUT2D eigenvalue weighted by molar-refractivity contribution is 14.1. The van der Waals surface area contributed by atoms with Crippen LogP contribution < -0.4 is 15.4 Å². The van der Waals surface area contributed by atoms with Gasteiger partial charge in [-0.25, -0.2) is 0 Å². The third-order valence-electron chi connectivity index (χ3n) is 8.69. The maximum absolute atomic E-state index is 14.4. The molecular weight excluding hydrogens is 704 g/mol. The number of hydrogen-bond donors (Lipinski definition) is 2. The van der Waals surface area contributed by atoms with Crippen LogP contribution in [0.1, 0.15) is 47.9 Å². The molecule has 224 valence electrons. The van der Waals surface area contributed by atoms with E-state index in [1.54, 1.807) is 18.2 Å². The Balaban J connectivity index is 1.43. The van der Waals surface area contributed by atoms with Gasteiger partial charge in [-0.15, -0.1) is 0 Å². The first-order valence-electron chi connectivity index (χ1n) is 14.1. The van der Waals surface area contributed by atoms with Gasteiger partial charge in [-0.05, 0) is 89.0 Å². The average Bonchev–Trinajstić information content (AvgIpc) is 3.26. The van der Waals surface area contributed by atoms with Gasteiger partial charge in [0.1, 0.15) is 17.3 Å². The van der Waals surface area contributed by atoms with Crippen LogP contribution in [0.3, 0.4) is 0 Å². The Morgan fingerprint density at radius 3 is 2.56 bits per heavy atom. The number of rotatable bonds is 6. The van der Waals surface area contributed by atoms with Gasteiger partial charge in [0, 0.05) is 50.3 Å². The van der Waals surface area contributed by atoms with E-state index in [0.29, 0.717) is 34.6 Å². The van der Waals surface area contributed by atoms with E-state index >= 15 is 0 Å². The highest BCUT2D eigenvalue weighted by atomic mass is 127. The van der Waals surface area contributed by atoms with Crippen molar-refractivity contribution < 1.29 is 23.9 Å². The van der Waals surface area contributed by atoms with Crippen LogP contribution in [0.15, 0.2) is 60.7 Å².